The number of carbonyl (C=O) groups excluding carboxylic acids is 2. The highest BCUT2D eigenvalue weighted by Gasteiger charge is 2.21. The van der Waals surface area contributed by atoms with E-state index in [1.165, 1.54) is 0 Å². The molecule has 4 N–H and O–H groups in total. The van der Waals surface area contributed by atoms with Gasteiger partial charge in [-0.2, -0.15) is 0 Å². The van der Waals surface area contributed by atoms with Crippen LogP contribution in [0.4, 0.5) is 0 Å². The summed E-state index contributed by atoms with van der Waals surface area (Å²) in [7, 11) is 0. The van der Waals surface area contributed by atoms with Crippen LogP contribution in [0.25, 0.3) is 0 Å². The predicted octanol–water partition coefficient (Wildman–Crippen LogP) is -0.877. The molecule has 0 saturated heterocycles. The Morgan fingerprint density at radius 3 is 2.71 bits per heavy atom. The molecule has 8 nitrogen and oxygen atoms in total. The molecule has 1 rings (SSSR count). The summed E-state index contributed by atoms with van der Waals surface area (Å²) in [5, 5.41) is 14.4. The molecule has 0 aliphatic carbocycles. The van der Waals surface area contributed by atoms with Crippen molar-refractivity contribution in [2.75, 3.05) is 0 Å². The summed E-state index contributed by atoms with van der Waals surface area (Å²) in [5.74, 6) is -2.50. The van der Waals surface area contributed by atoms with Crippen molar-refractivity contribution in [3.63, 3.8) is 0 Å². The van der Waals surface area contributed by atoms with Crippen LogP contribution in [-0.4, -0.2) is 34.1 Å². The van der Waals surface area contributed by atoms with E-state index in [1.54, 1.807) is 0 Å². The van der Waals surface area contributed by atoms with E-state index in [0.29, 0.717) is 0 Å². The fourth-order valence-corrected chi connectivity index (χ4v) is 1.10. The summed E-state index contributed by atoms with van der Waals surface area (Å²) >= 11 is 0. The van der Waals surface area contributed by atoms with Gasteiger partial charge in [0.25, 0.3) is 5.91 Å². The number of nitrogens with zero attached hydrogens (tertiary/aromatic N) is 1. The fourth-order valence-electron chi connectivity index (χ4n) is 1.10. The molecule has 0 aliphatic heterocycles. The van der Waals surface area contributed by atoms with E-state index < -0.39 is 23.8 Å². The number of carboxylic acids is 1. The summed E-state index contributed by atoms with van der Waals surface area (Å²) < 4.78 is 4.44. The monoisotopic (exact) mass is 241 g/mol. The largest absolute Gasteiger partial charge is 0.480 e. The molecule has 0 unspecified atom stereocenters. The first-order chi connectivity index (χ1) is 8.00. The second kappa shape index (κ2) is 5.64. The number of hydrogen-bond donors (Lipinski definition) is 3. The van der Waals surface area contributed by atoms with E-state index in [0.717, 1.165) is 12.5 Å². The molecule has 1 heterocycles. The van der Waals surface area contributed by atoms with Crippen molar-refractivity contribution in [3.05, 3.63) is 18.0 Å². The second-order valence-electron chi connectivity index (χ2n) is 3.28. The first-order valence-corrected chi connectivity index (χ1v) is 4.72. The zero-order chi connectivity index (χ0) is 12.8. The maximum atomic E-state index is 11.5. The zero-order valence-corrected chi connectivity index (χ0v) is 8.75. The van der Waals surface area contributed by atoms with Gasteiger partial charge in [-0.1, -0.05) is 5.16 Å². The topological polar surface area (TPSA) is 136 Å². The van der Waals surface area contributed by atoms with Crippen LogP contribution in [0.1, 0.15) is 23.2 Å². The number of carbonyl (C=O) groups is 3. The van der Waals surface area contributed by atoms with Gasteiger partial charge in [0.2, 0.25) is 5.91 Å². The van der Waals surface area contributed by atoms with Gasteiger partial charge in [-0.3, -0.25) is 9.59 Å². The van der Waals surface area contributed by atoms with Crippen LogP contribution in [-0.2, 0) is 9.59 Å². The Balaban J connectivity index is 2.58. The molecule has 0 bridgehead atoms. The molecular weight excluding hydrogens is 230 g/mol. The van der Waals surface area contributed by atoms with Crippen molar-refractivity contribution in [2.24, 2.45) is 5.73 Å². The van der Waals surface area contributed by atoms with Gasteiger partial charge in [-0.15, -0.1) is 0 Å². The number of nitrogens with one attached hydrogen (secondary N) is 1. The molecule has 0 spiro atoms. The lowest BCUT2D eigenvalue weighted by atomic mass is 10.1. The van der Waals surface area contributed by atoms with Crippen molar-refractivity contribution >= 4 is 17.8 Å². The standard InChI is InChI=1S/C9H11N3O5/c10-7(13)2-1-6(9(15)16)12-8(14)5-3-11-17-4-5/h3-4,6H,1-2H2,(H2,10,13)(H,12,14)(H,15,16)/t6-/m0/s1. The summed E-state index contributed by atoms with van der Waals surface area (Å²) in [4.78, 5) is 32.8. The molecule has 0 fully saturated rings. The average molecular weight is 241 g/mol. The lowest BCUT2D eigenvalue weighted by Gasteiger charge is -2.12. The first kappa shape index (κ1) is 12.7. The zero-order valence-electron chi connectivity index (χ0n) is 8.75. The maximum absolute atomic E-state index is 11.5. The number of amides is 2. The molecular formula is C9H11N3O5. The highest BCUT2D eigenvalue weighted by molar-refractivity contribution is 5.96. The van der Waals surface area contributed by atoms with Gasteiger partial charge in [0, 0.05) is 6.42 Å². The fraction of sp³-hybridized carbons (Fsp3) is 0.333. The lowest BCUT2D eigenvalue weighted by molar-refractivity contribution is -0.139. The Morgan fingerprint density at radius 2 is 2.24 bits per heavy atom. The second-order valence-corrected chi connectivity index (χ2v) is 3.28. The summed E-state index contributed by atoms with van der Waals surface area (Å²) in [5.41, 5.74) is 5.00. The number of rotatable bonds is 6. The molecule has 0 aromatic carbocycles. The van der Waals surface area contributed by atoms with Crippen LogP contribution in [0.5, 0.6) is 0 Å². The van der Waals surface area contributed by atoms with E-state index >= 15 is 0 Å². The summed E-state index contributed by atoms with van der Waals surface area (Å²) in [6.07, 6.45) is 2.05. The van der Waals surface area contributed by atoms with Gasteiger partial charge < -0.3 is 20.7 Å². The number of aliphatic carboxylic acids is 1. The van der Waals surface area contributed by atoms with E-state index in [4.69, 9.17) is 10.8 Å². The molecule has 92 valence electrons. The number of primary amides is 1. The molecule has 2 amide bonds. The molecule has 0 aliphatic rings. The SMILES string of the molecule is NC(=O)CC[C@H](NC(=O)c1cnoc1)C(=O)O. The number of nitrogens with two attached hydrogens (primary N) is 1. The van der Waals surface area contributed by atoms with Crippen LogP contribution < -0.4 is 11.1 Å². The molecule has 0 saturated carbocycles. The van der Waals surface area contributed by atoms with Crippen LogP contribution in [0.2, 0.25) is 0 Å². The highest BCUT2D eigenvalue weighted by atomic mass is 16.5. The van der Waals surface area contributed by atoms with Gasteiger partial charge in [-0.25, -0.2) is 4.79 Å². The summed E-state index contributed by atoms with van der Waals surface area (Å²) in [6, 6.07) is -1.18. The number of hydrogen-bond acceptors (Lipinski definition) is 5. The maximum Gasteiger partial charge on any atom is 0.326 e. The van der Waals surface area contributed by atoms with Crippen LogP contribution >= 0.6 is 0 Å². The van der Waals surface area contributed by atoms with Crippen LogP contribution in [0, 0.1) is 0 Å². The summed E-state index contributed by atoms with van der Waals surface area (Å²) in [6.45, 7) is 0. The molecule has 8 heteroatoms. The van der Waals surface area contributed by atoms with E-state index in [1.807, 2.05) is 0 Å². The van der Waals surface area contributed by atoms with Gasteiger partial charge in [-0.05, 0) is 6.42 Å². The van der Waals surface area contributed by atoms with Gasteiger partial charge in [0.1, 0.15) is 12.3 Å². The predicted molar refractivity (Wildman–Crippen MR) is 53.8 cm³/mol. The number of carboxylic acid groups (broad SMARTS) is 1. The van der Waals surface area contributed by atoms with Crippen LogP contribution in [0.15, 0.2) is 17.0 Å². The highest BCUT2D eigenvalue weighted by Crippen LogP contribution is 2.01. The van der Waals surface area contributed by atoms with Gasteiger partial charge in [0.05, 0.1) is 11.8 Å². The van der Waals surface area contributed by atoms with E-state index in [-0.39, 0.29) is 18.4 Å². The Bertz CT molecular complexity index is 414. The number of aromatic nitrogens is 1. The van der Waals surface area contributed by atoms with Crippen molar-refractivity contribution in [1.29, 1.82) is 0 Å². The molecule has 1 aromatic rings. The van der Waals surface area contributed by atoms with Crippen molar-refractivity contribution in [1.82, 2.24) is 10.5 Å². The Labute approximate surface area is 95.8 Å². The van der Waals surface area contributed by atoms with E-state index in [2.05, 4.69) is 15.0 Å². The third-order valence-corrected chi connectivity index (χ3v) is 1.98. The van der Waals surface area contributed by atoms with Gasteiger partial charge in [0.15, 0.2) is 0 Å². The van der Waals surface area contributed by atoms with Crippen molar-refractivity contribution in [3.8, 4) is 0 Å². The minimum atomic E-state index is -1.24. The van der Waals surface area contributed by atoms with Crippen molar-refractivity contribution in [2.45, 2.75) is 18.9 Å². The molecule has 17 heavy (non-hydrogen) atoms. The minimum absolute atomic E-state index is 0.0678. The molecule has 0 radical (unpaired) electrons. The smallest absolute Gasteiger partial charge is 0.326 e. The van der Waals surface area contributed by atoms with Gasteiger partial charge >= 0.3 is 5.97 Å². The Morgan fingerprint density at radius 1 is 1.53 bits per heavy atom. The first-order valence-electron chi connectivity index (χ1n) is 4.72. The van der Waals surface area contributed by atoms with E-state index in [9.17, 15) is 14.4 Å². The minimum Gasteiger partial charge on any atom is -0.480 e. The quantitative estimate of drug-likeness (QED) is 0.591. The normalized spacial score (nSPS) is 11.8. The Kier molecular flexibility index (Phi) is 4.21. The third-order valence-electron chi connectivity index (χ3n) is 1.98. The molecule has 1 atom stereocenters. The third kappa shape index (κ3) is 3.93. The molecule has 1 aromatic heterocycles. The van der Waals surface area contributed by atoms with Crippen LogP contribution in [0.3, 0.4) is 0 Å². The lowest BCUT2D eigenvalue weighted by Crippen LogP contribution is -2.41. The Hall–Kier alpha value is -2.38. The van der Waals surface area contributed by atoms with Crippen molar-refractivity contribution < 1.29 is 24.0 Å². The average Bonchev–Trinajstić information content (AvgIpc) is 2.76.